The van der Waals surface area contributed by atoms with Crippen molar-refractivity contribution in [1.82, 2.24) is 0 Å². The first-order valence-electron chi connectivity index (χ1n) is 8.43. The summed E-state index contributed by atoms with van der Waals surface area (Å²) in [7, 11) is 0. The number of ether oxygens (including phenoxy) is 1. The fourth-order valence-corrected chi connectivity index (χ4v) is 2.65. The number of hydrogen-bond acceptors (Lipinski definition) is 5. The third kappa shape index (κ3) is 4.61. The van der Waals surface area contributed by atoms with Crippen molar-refractivity contribution in [3.8, 4) is 11.5 Å². The van der Waals surface area contributed by atoms with Gasteiger partial charge in [0.15, 0.2) is 0 Å². The summed E-state index contributed by atoms with van der Waals surface area (Å²) in [4.78, 5) is 26.1. The molecule has 0 spiro atoms. The summed E-state index contributed by atoms with van der Waals surface area (Å²) >= 11 is 0. The Hall–Kier alpha value is -2.86. The number of para-hydroxylation sites is 1. The average molecular weight is 357 g/mol. The van der Waals surface area contributed by atoms with Gasteiger partial charge < -0.3 is 19.8 Å². The molecule has 2 rings (SSSR count). The van der Waals surface area contributed by atoms with Gasteiger partial charge in [-0.3, -0.25) is 9.59 Å². The summed E-state index contributed by atoms with van der Waals surface area (Å²) in [6, 6.07) is 11.7. The van der Waals surface area contributed by atoms with Gasteiger partial charge in [-0.1, -0.05) is 25.1 Å². The number of carbonyl (C=O) groups excluding carboxylic acids is 2. The van der Waals surface area contributed by atoms with Gasteiger partial charge in [-0.2, -0.15) is 0 Å². The second-order valence-corrected chi connectivity index (χ2v) is 5.83. The molecule has 2 aromatic rings. The minimum atomic E-state index is -0.465. The van der Waals surface area contributed by atoms with Crippen molar-refractivity contribution in [3.05, 3.63) is 53.6 Å². The topological polar surface area (TPSA) is 87.1 Å². The molecule has 0 aliphatic carbocycles. The molecular weight excluding hydrogens is 334 g/mol. The van der Waals surface area contributed by atoms with Crippen molar-refractivity contribution in [2.45, 2.75) is 20.3 Å². The van der Waals surface area contributed by atoms with E-state index in [1.165, 1.54) is 24.0 Å². The van der Waals surface area contributed by atoms with Crippen molar-refractivity contribution >= 4 is 17.4 Å². The fourth-order valence-electron chi connectivity index (χ4n) is 2.65. The number of Topliss-reactive ketones (excluding diaryl/α,β-unsaturated/α-hetero) is 1. The molecule has 0 bridgehead atoms. The van der Waals surface area contributed by atoms with Gasteiger partial charge in [0, 0.05) is 11.8 Å². The van der Waals surface area contributed by atoms with E-state index in [0.717, 1.165) is 5.56 Å². The Bertz CT molecular complexity index is 788. The minimum absolute atomic E-state index is 0.0773. The van der Waals surface area contributed by atoms with Gasteiger partial charge in [0.25, 0.3) is 5.91 Å². The maximum Gasteiger partial charge on any atom is 0.262 e. The number of nitrogens with zero attached hydrogens (tertiary/aromatic N) is 1. The number of phenolic OH excluding ortho intramolecular Hbond substituents is 1. The molecule has 138 valence electrons. The number of amides is 1. The molecule has 0 atom stereocenters. The van der Waals surface area contributed by atoms with Gasteiger partial charge in [0.2, 0.25) is 0 Å². The molecule has 0 radical (unpaired) electrons. The van der Waals surface area contributed by atoms with Crippen molar-refractivity contribution < 1.29 is 24.5 Å². The normalized spacial score (nSPS) is 10.4. The molecule has 0 aliphatic rings. The number of aromatic hydroxyl groups is 1. The molecule has 0 saturated carbocycles. The number of aliphatic hydroxyl groups is 1. The molecule has 2 aromatic carbocycles. The number of carbonyl (C=O) groups is 2. The summed E-state index contributed by atoms with van der Waals surface area (Å²) in [5.41, 5.74) is 1.66. The number of aliphatic hydroxyl groups excluding tert-OH is 1. The molecule has 0 unspecified atom stereocenters. The molecule has 1 amide bonds. The fraction of sp³-hybridized carbons (Fsp3) is 0.300. The lowest BCUT2D eigenvalue weighted by molar-refractivity contribution is -0.115. The number of ketones is 1. The lowest BCUT2D eigenvalue weighted by atomic mass is 10.1. The number of benzene rings is 2. The molecule has 0 saturated heterocycles. The number of phenols is 1. The van der Waals surface area contributed by atoms with Crippen LogP contribution in [0, 0.1) is 0 Å². The Labute approximate surface area is 152 Å². The summed E-state index contributed by atoms with van der Waals surface area (Å²) < 4.78 is 5.23. The van der Waals surface area contributed by atoms with Crippen LogP contribution < -0.4 is 9.64 Å². The average Bonchev–Trinajstić information content (AvgIpc) is 2.63. The first-order chi connectivity index (χ1) is 12.5. The summed E-state index contributed by atoms with van der Waals surface area (Å²) in [5.74, 6) is -0.521. The van der Waals surface area contributed by atoms with E-state index in [9.17, 15) is 14.7 Å². The van der Waals surface area contributed by atoms with Gasteiger partial charge in [-0.15, -0.1) is 0 Å². The molecule has 0 aromatic heterocycles. The van der Waals surface area contributed by atoms with Crippen LogP contribution in [0.1, 0.15) is 29.8 Å². The van der Waals surface area contributed by atoms with Crippen LogP contribution in [0.2, 0.25) is 0 Å². The quantitative estimate of drug-likeness (QED) is 0.758. The van der Waals surface area contributed by atoms with E-state index in [2.05, 4.69) is 0 Å². The van der Waals surface area contributed by atoms with Crippen LogP contribution in [0.15, 0.2) is 42.5 Å². The summed E-state index contributed by atoms with van der Waals surface area (Å²) in [5, 5.41) is 19.0. The largest absolute Gasteiger partial charge is 0.507 e. The summed E-state index contributed by atoms with van der Waals surface area (Å²) in [6.07, 6.45) is 0.706. The van der Waals surface area contributed by atoms with Crippen molar-refractivity contribution in [2.24, 2.45) is 0 Å². The van der Waals surface area contributed by atoms with E-state index in [-0.39, 0.29) is 36.9 Å². The van der Waals surface area contributed by atoms with E-state index in [1.54, 1.807) is 18.2 Å². The van der Waals surface area contributed by atoms with Crippen molar-refractivity contribution in [3.63, 3.8) is 0 Å². The number of rotatable bonds is 8. The number of aryl methyl sites for hydroxylation is 1. The Kier molecular flexibility index (Phi) is 6.74. The van der Waals surface area contributed by atoms with E-state index in [1.807, 2.05) is 19.1 Å². The van der Waals surface area contributed by atoms with Crippen LogP contribution in [0.25, 0.3) is 0 Å². The maximum atomic E-state index is 13.0. The first-order valence-corrected chi connectivity index (χ1v) is 8.43. The maximum absolute atomic E-state index is 13.0. The zero-order chi connectivity index (χ0) is 19.1. The van der Waals surface area contributed by atoms with Gasteiger partial charge in [0.05, 0.1) is 18.7 Å². The van der Waals surface area contributed by atoms with E-state index < -0.39 is 5.91 Å². The van der Waals surface area contributed by atoms with Gasteiger partial charge in [-0.05, 0) is 37.1 Å². The Morgan fingerprint density at radius 1 is 1.15 bits per heavy atom. The second-order valence-electron chi connectivity index (χ2n) is 5.83. The highest BCUT2D eigenvalue weighted by Gasteiger charge is 2.23. The van der Waals surface area contributed by atoms with Crippen LogP contribution in [0.5, 0.6) is 11.5 Å². The predicted octanol–water partition coefficient (Wildman–Crippen LogP) is 2.56. The highest BCUT2D eigenvalue weighted by Crippen LogP contribution is 2.28. The lowest BCUT2D eigenvalue weighted by Gasteiger charge is -2.24. The molecule has 0 aliphatic heterocycles. The van der Waals surface area contributed by atoms with E-state index in [4.69, 9.17) is 9.84 Å². The van der Waals surface area contributed by atoms with E-state index >= 15 is 0 Å². The van der Waals surface area contributed by atoms with Gasteiger partial charge in [0.1, 0.15) is 23.9 Å². The molecule has 2 N–H and O–H groups in total. The molecule has 0 fully saturated rings. The predicted molar refractivity (Wildman–Crippen MR) is 98.9 cm³/mol. The number of hydrogen-bond donors (Lipinski definition) is 2. The highest BCUT2D eigenvalue weighted by molar-refractivity contribution is 6.10. The van der Waals surface area contributed by atoms with Crippen LogP contribution in [0.3, 0.4) is 0 Å². The zero-order valence-corrected chi connectivity index (χ0v) is 14.9. The Morgan fingerprint density at radius 2 is 1.88 bits per heavy atom. The Balaban J connectivity index is 2.39. The minimum Gasteiger partial charge on any atom is -0.507 e. The third-order valence-corrected chi connectivity index (χ3v) is 3.85. The molecule has 6 heteroatoms. The molecular formula is C20H23NO5. The van der Waals surface area contributed by atoms with Crippen molar-refractivity contribution in [1.29, 1.82) is 0 Å². The van der Waals surface area contributed by atoms with Gasteiger partial charge >= 0.3 is 0 Å². The highest BCUT2D eigenvalue weighted by atomic mass is 16.5. The number of anilines is 1. The van der Waals surface area contributed by atoms with E-state index in [0.29, 0.717) is 17.9 Å². The van der Waals surface area contributed by atoms with Crippen molar-refractivity contribution in [2.75, 3.05) is 24.7 Å². The first kappa shape index (κ1) is 19.5. The SMILES string of the molecule is CCc1ccccc1N(CC(C)=O)C(=O)c1ccc(OCCO)cc1O. The van der Waals surface area contributed by atoms with Gasteiger partial charge in [-0.25, -0.2) is 0 Å². The van der Waals surface area contributed by atoms with Crippen LogP contribution in [0.4, 0.5) is 5.69 Å². The third-order valence-electron chi connectivity index (χ3n) is 3.85. The molecule has 6 nitrogen and oxygen atoms in total. The Morgan fingerprint density at radius 3 is 2.50 bits per heavy atom. The van der Waals surface area contributed by atoms with Crippen LogP contribution in [-0.2, 0) is 11.2 Å². The van der Waals surface area contributed by atoms with Crippen LogP contribution in [-0.4, -0.2) is 41.7 Å². The second kappa shape index (κ2) is 9.01. The lowest BCUT2D eigenvalue weighted by Crippen LogP contribution is -2.35. The standard InChI is InChI=1S/C20H23NO5/c1-3-15-6-4-5-7-18(15)21(13-14(2)23)20(25)17-9-8-16(12-19(17)24)26-11-10-22/h4-9,12,22,24H,3,10-11,13H2,1-2H3. The monoisotopic (exact) mass is 357 g/mol. The molecule has 0 heterocycles. The smallest absolute Gasteiger partial charge is 0.262 e. The zero-order valence-electron chi connectivity index (χ0n) is 14.9. The summed E-state index contributed by atoms with van der Waals surface area (Å²) in [6.45, 7) is 3.24. The molecule has 26 heavy (non-hydrogen) atoms. The van der Waals surface area contributed by atoms with Crippen LogP contribution >= 0.6 is 0 Å².